The molecule has 1 saturated heterocycles. The maximum Gasteiger partial charge on any atom is 0.214 e. The Balaban J connectivity index is 1.91. The van der Waals surface area contributed by atoms with E-state index in [-0.39, 0.29) is 0 Å². The van der Waals surface area contributed by atoms with Crippen LogP contribution in [0, 0.1) is 5.92 Å². The van der Waals surface area contributed by atoms with E-state index >= 15 is 0 Å². The van der Waals surface area contributed by atoms with Crippen molar-refractivity contribution < 1.29 is 8.42 Å². The van der Waals surface area contributed by atoms with Crippen LogP contribution in [0.15, 0.2) is 0 Å². The highest BCUT2D eigenvalue weighted by atomic mass is 32.2. The van der Waals surface area contributed by atoms with Crippen LogP contribution in [-0.4, -0.2) is 44.2 Å². The lowest BCUT2D eigenvalue weighted by Crippen LogP contribution is -2.48. The Labute approximate surface area is 98.4 Å². The molecule has 1 heterocycles. The minimum atomic E-state index is -2.98. The molecule has 0 bridgehead atoms. The minimum Gasteiger partial charge on any atom is -0.313 e. The highest BCUT2D eigenvalue weighted by molar-refractivity contribution is 7.89. The van der Waals surface area contributed by atoms with Crippen molar-refractivity contribution in [2.75, 3.05) is 25.4 Å². The van der Waals surface area contributed by atoms with Gasteiger partial charge < -0.3 is 5.32 Å². The fourth-order valence-electron chi connectivity index (χ4n) is 2.34. The third-order valence-electron chi connectivity index (χ3n) is 3.41. The van der Waals surface area contributed by atoms with Crippen LogP contribution in [0.3, 0.4) is 0 Å². The predicted molar refractivity (Wildman–Crippen MR) is 64.8 cm³/mol. The summed E-state index contributed by atoms with van der Waals surface area (Å²) in [6, 6.07) is 0.354. The lowest BCUT2D eigenvalue weighted by Gasteiger charge is -2.32. The average molecular weight is 246 g/mol. The van der Waals surface area contributed by atoms with E-state index in [1.807, 2.05) is 0 Å². The number of likely N-dealkylation sites (N-methyl/N-ethyl adjacent to an activating group) is 1. The van der Waals surface area contributed by atoms with E-state index in [4.69, 9.17) is 0 Å². The normalized spacial score (nSPS) is 28.2. The summed E-state index contributed by atoms with van der Waals surface area (Å²) in [6.45, 7) is 4.37. The largest absolute Gasteiger partial charge is 0.313 e. The molecule has 0 radical (unpaired) electrons. The molecule has 1 aliphatic carbocycles. The van der Waals surface area contributed by atoms with E-state index in [2.05, 4.69) is 12.2 Å². The smallest absolute Gasteiger partial charge is 0.214 e. The number of piperidine rings is 1. The molecule has 1 atom stereocenters. The summed E-state index contributed by atoms with van der Waals surface area (Å²) in [4.78, 5) is 0. The first-order valence-corrected chi connectivity index (χ1v) is 7.94. The van der Waals surface area contributed by atoms with E-state index in [1.165, 1.54) is 0 Å². The topological polar surface area (TPSA) is 49.4 Å². The van der Waals surface area contributed by atoms with Crippen LogP contribution in [0.4, 0.5) is 0 Å². The fourth-order valence-corrected chi connectivity index (χ4v) is 4.29. The molecule has 0 spiro atoms. The number of nitrogens with one attached hydrogen (secondary N) is 1. The SMILES string of the molecule is CCNC1CCCN(S(=O)(=O)CC2CC2)C1. The Kier molecular flexibility index (Phi) is 3.87. The Hall–Kier alpha value is -0.130. The molecule has 2 rings (SSSR count). The van der Waals surface area contributed by atoms with Crippen molar-refractivity contribution in [3.05, 3.63) is 0 Å². The molecule has 16 heavy (non-hydrogen) atoms. The van der Waals surface area contributed by atoms with Gasteiger partial charge in [-0.3, -0.25) is 0 Å². The monoisotopic (exact) mass is 246 g/mol. The predicted octanol–water partition coefficient (Wildman–Crippen LogP) is 0.800. The minimum absolute atomic E-state index is 0.354. The Morgan fingerprint density at radius 3 is 2.69 bits per heavy atom. The van der Waals surface area contributed by atoms with E-state index in [1.54, 1.807) is 4.31 Å². The number of rotatable bonds is 5. The van der Waals surface area contributed by atoms with Crippen molar-refractivity contribution in [3.8, 4) is 0 Å². The molecule has 2 fully saturated rings. The van der Waals surface area contributed by atoms with Gasteiger partial charge in [0.15, 0.2) is 0 Å². The zero-order valence-electron chi connectivity index (χ0n) is 9.98. The first kappa shape index (κ1) is 12.3. The van der Waals surface area contributed by atoms with Gasteiger partial charge in [-0.15, -0.1) is 0 Å². The van der Waals surface area contributed by atoms with Crippen molar-refractivity contribution in [3.63, 3.8) is 0 Å². The second-order valence-electron chi connectivity index (χ2n) is 4.98. The van der Waals surface area contributed by atoms with Crippen LogP contribution in [0.2, 0.25) is 0 Å². The Morgan fingerprint density at radius 1 is 1.31 bits per heavy atom. The van der Waals surface area contributed by atoms with Gasteiger partial charge in [0.2, 0.25) is 10.0 Å². The summed E-state index contributed by atoms with van der Waals surface area (Å²) < 4.78 is 25.9. The van der Waals surface area contributed by atoms with Crippen LogP contribution in [0.5, 0.6) is 0 Å². The van der Waals surface area contributed by atoms with E-state index in [9.17, 15) is 8.42 Å². The summed E-state index contributed by atoms with van der Waals surface area (Å²) in [7, 11) is -2.98. The fraction of sp³-hybridized carbons (Fsp3) is 1.00. The van der Waals surface area contributed by atoms with Gasteiger partial charge in [0, 0.05) is 19.1 Å². The Bertz CT molecular complexity index is 323. The molecule has 1 aliphatic heterocycles. The van der Waals surface area contributed by atoms with Gasteiger partial charge >= 0.3 is 0 Å². The lowest BCUT2D eigenvalue weighted by molar-refractivity contribution is 0.286. The summed E-state index contributed by atoms with van der Waals surface area (Å²) >= 11 is 0. The molecule has 5 heteroatoms. The van der Waals surface area contributed by atoms with Crippen LogP contribution in [0.1, 0.15) is 32.6 Å². The molecular formula is C11H22N2O2S. The molecule has 4 nitrogen and oxygen atoms in total. The zero-order valence-corrected chi connectivity index (χ0v) is 10.8. The highest BCUT2D eigenvalue weighted by Crippen LogP contribution is 2.31. The van der Waals surface area contributed by atoms with Gasteiger partial charge in [0.05, 0.1) is 5.75 Å². The number of hydrogen-bond acceptors (Lipinski definition) is 3. The highest BCUT2D eigenvalue weighted by Gasteiger charge is 2.34. The number of hydrogen-bond donors (Lipinski definition) is 1. The molecule has 0 amide bonds. The summed E-state index contributed by atoms with van der Waals surface area (Å²) in [5.41, 5.74) is 0. The van der Waals surface area contributed by atoms with Crippen LogP contribution in [-0.2, 0) is 10.0 Å². The first-order chi connectivity index (χ1) is 7.62. The molecule has 0 aromatic heterocycles. The molecule has 2 aliphatic rings. The third kappa shape index (κ3) is 3.18. The van der Waals surface area contributed by atoms with Gasteiger partial charge in [0.25, 0.3) is 0 Å². The van der Waals surface area contributed by atoms with Crippen molar-refractivity contribution in [2.24, 2.45) is 5.92 Å². The average Bonchev–Trinajstić information content (AvgIpc) is 3.02. The van der Waals surface area contributed by atoms with Gasteiger partial charge in [-0.25, -0.2) is 12.7 Å². The molecule has 1 unspecified atom stereocenters. The molecule has 1 N–H and O–H groups in total. The van der Waals surface area contributed by atoms with Crippen molar-refractivity contribution >= 4 is 10.0 Å². The summed E-state index contributed by atoms with van der Waals surface area (Å²) in [6.07, 6.45) is 4.29. The molecule has 94 valence electrons. The molecule has 1 saturated carbocycles. The quantitative estimate of drug-likeness (QED) is 0.780. The van der Waals surface area contributed by atoms with E-state index in [0.29, 0.717) is 24.3 Å². The van der Waals surface area contributed by atoms with Gasteiger partial charge in [-0.05, 0) is 38.1 Å². The zero-order chi connectivity index (χ0) is 11.6. The lowest BCUT2D eigenvalue weighted by atomic mass is 10.1. The van der Waals surface area contributed by atoms with Crippen LogP contribution >= 0.6 is 0 Å². The molecular weight excluding hydrogens is 224 g/mol. The van der Waals surface area contributed by atoms with Gasteiger partial charge in [-0.1, -0.05) is 6.92 Å². The van der Waals surface area contributed by atoms with Crippen LogP contribution < -0.4 is 5.32 Å². The third-order valence-corrected chi connectivity index (χ3v) is 5.42. The second-order valence-corrected chi connectivity index (χ2v) is 6.99. The Morgan fingerprint density at radius 2 is 2.06 bits per heavy atom. The maximum absolute atomic E-state index is 12.1. The maximum atomic E-state index is 12.1. The molecule has 0 aromatic carbocycles. The number of sulfonamides is 1. The van der Waals surface area contributed by atoms with Gasteiger partial charge in [-0.2, -0.15) is 0 Å². The van der Waals surface area contributed by atoms with E-state index < -0.39 is 10.0 Å². The van der Waals surface area contributed by atoms with Crippen molar-refractivity contribution in [1.29, 1.82) is 0 Å². The molecule has 0 aromatic rings. The van der Waals surface area contributed by atoms with Crippen molar-refractivity contribution in [2.45, 2.75) is 38.6 Å². The van der Waals surface area contributed by atoms with E-state index in [0.717, 1.165) is 38.8 Å². The second kappa shape index (κ2) is 5.02. The summed E-state index contributed by atoms with van der Waals surface area (Å²) in [5.74, 6) is 0.829. The summed E-state index contributed by atoms with van der Waals surface area (Å²) in [5, 5.41) is 3.35. The first-order valence-electron chi connectivity index (χ1n) is 6.33. The number of nitrogens with zero attached hydrogens (tertiary/aromatic N) is 1. The van der Waals surface area contributed by atoms with Crippen LogP contribution in [0.25, 0.3) is 0 Å². The standard InChI is InChI=1S/C11H22N2O2S/c1-2-12-11-4-3-7-13(8-11)16(14,15)9-10-5-6-10/h10-12H,2-9H2,1H3. The van der Waals surface area contributed by atoms with Crippen molar-refractivity contribution in [1.82, 2.24) is 9.62 Å². The van der Waals surface area contributed by atoms with Gasteiger partial charge in [0.1, 0.15) is 0 Å².